The van der Waals surface area contributed by atoms with Crippen LogP contribution in [0.3, 0.4) is 0 Å². The molecule has 11 nitrogen and oxygen atoms in total. The fourth-order valence-corrected chi connectivity index (χ4v) is 2.57. The number of aliphatic hydroxyl groups is 1. The van der Waals surface area contributed by atoms with Gasteiger partial charge in [0.15, 0.2) is 11.6 Å². The lowest BCUT2D eigenvalue weighted by atomic mass is 10.1. The van der Waals surface area contributed by atoms with Crippen LogP contribution in [0.15, 0.2) is 24.3 Å². The van der Waals surface area contributed by atoms with Crippen LogP contribution >= 0.6 is 0 Å². The number of nitrogens with one attached hydrogen (secondary N) is 1. The highest BCUT2D eigenvalue weighted by Crippen LogP contribution is 2.26. The van der Waals surface area contributed by atoms with Crippen LogP contribution in [0.4, 0.5) is 5.82 Å². The smallest absolute Gasteiger partial charge is 0.284 e. The maximum absolute atomic E-state index is 12.2. The first-order valence-corrected chi connectivity index (χ1v) is 9.77. The Bertz CT molecular complexity index is 966. The fraction of sp³-hybridized carbons (Fsp3) is 0.429. The minimum atomic E-state index is -0.745. The third kappa shape index (κ3) is 7.14. The third-order valence-electron chi connectivity index (χ3n) is 4.05. The second-order valence-electron chi connectivity index (χ2n) is 7.20. The number of hydrogen-bond donors (Lipinski definition) is 3. The molecule has 2 aromatic rings. The molecule has 1 aliphatic rings. The van der Waals surface area contributed by atoms with Gasteiger partial charge in [0, 0.05) is 5.56 Å². The average molecular weight is 445 g/mol. The summed E-state index contributed by atoms with van der Waals surface area (Å²) >= 11 is 0. The van der Waals surface area contributed by atoms with Crippen molar-refractivity contribution in [3.05, 3.63) is 35.4 Å². The summed E-state index contributed by atoms with van der Waals surface area (Å²) < 4.78 is 15.4. The van der Waals surface area contributed by atoms with Crippen molar-refractivity contribution in [2.45, 2.75) is 32.7 Å². The number of methoxy groups -OCH3 is 1. The van der Waals surface area contributed by atoms with E-state index in [1.165, 1.54) is 14.0 Å². The van der Waals surface area contributed by atoms with E-state index in [2.05, 4.69) is 15.4 Å². The van der Waals surface area contributed by atoms with E-state index in [0.29, 0.717) is 11.1 Å². The number of aromatic nitrogens is 2. The number of anilines is 1. The zero-order chi connectivity index (χ0) is 23.7. The number of nitrogen functional groups attached to an aromatic ring is 1. The molecular weight excluding hydrogens is 418 g/mol. The minimum absolute atomic E-state index is 0.0389. The molecule has 4 N–H and O–H groups in total. The van der Waals surface area contributed by atoms with Crippen molar-refractivity contribution in [3.8, 4) is 23.3 Å². The van der Waals surface area contributed by atoms with E-state index in [-0.39, 0.29) is 35.5 Å². The maximum atomic E-state index is 12.2. The number of benzene rings is 1. The molecule has 1 fully saturated rings. The highest BCUT2D eigenvalue weighted by molar-refractivity contribution is 6.00. The molecule has 1 unspecified atom stereocenters. The van der Waals surface area contributed by atoms with E-state index in [9.17, 15) is 4.79 Å². The van der Waals surface area contributed by atoms with Gasteiger partial charge in [-0.25, -0.2) is 10.5 Å². The average Bonchev–Trinajstić information content (AvgIpc) is 3.17. The molecule has 3 rings (SSSR count). The van der Waals surface area contributed by atoms with E-state index >= 15 is 0 Å². The number of carbonyl (C=O) groups is 1. The van der Waals surface area contributed by atoms with Gasteiger partial charge in [-0.3, -0.25) is 9.63 Å². The van der Waals surface area contributed by atoms with Crippen molar-refractivity contribution in [2.75, 3.05) is 32.7 Å². The number of rotatable bonds is 6. The van der Waals surface area contributed by atoms with Crippen LogP contribution < -0.4 is 16.0 Å². The summed E-state index contributed by atoms with van der Waals surface area (Å²) in [6.45, 7) is 6.74. The van der Waals surface area contributed by atoms with Crippen LogP contribution in [-0.4, -0.2) is 59.8 Å². The quantitative estimate of drug-likeness (QED) is 0.554. The third-order valence-corrected chi connectivity index (χ3v) is 4.05. The summed E-state index contributed by atoms with van der Waals surface area (Å²) in [5, 5.41) is 18.1. The molecule has 0 radical (unpaired) electrons. The molecule has 0 aliphatic carbocycles. The topological polar surface area (TPSA) is 162 Å². The van der Waals surface area contributed by atoms with Gasteiger partial charge in [0.05, 0.1) is 38.1 Å². The normalized spacial score (nSPS) is 15.1. The zero-order valence-corrected chi connectivity index (χ0v) is 18.4. The number of nitriles is 1. The fourth-order valence-electron chi connectivity index (χ4n) is 2.57. The van der Waals surface area contributed by atoms with Crippen molar-refractivity contribution < 1.29 is 28.9 Å². The molecule has 1 atom stereocenters. The highest BCUT2D eigenvalue weighted by Gasteiger charge is 2.23. The zero-order valence-electron chi connectivity index (χ0n) is 18.4. The number of hydrogen-bond acceptors (Lipinski definition) is 10. The van der Waals surface area contributed by atoms with Crippen LogP contribution in [-0.2, 0) is 14.3 Å². The summed E-state index contributed by atoms with van der Waals surface area (Å²) in [5.41, 5.74) is 8.92. The monoisotopic (exact) mass is 445 g/mol. The van der Waals surface area contributed by atoms with Gasteiger partial charge in [0.25, 0.3) is 5.91 Å². The van der Waals surface area contributed by atoms with Crippen molar-refractivity contribution in [2.24, 2.45) is 0 Å². The number of nitrogens with two attached hydrogens (primary N) is 1. The van der Waals surface area contributed by atoms with Gasteiger partial charge in [-0.15, -0.1) is 0 Å². The van der Waals surface area contributed by atoms with Gasteiger partial charge < -0.3 is 25.1 Å². The molecule has 1 aliphatic heterocycles. The van der Waals surface area contributed by atoms with E-state index in [0.717, 1.165) is 13.2 Å². The Morgan fingerprint density at radius 2 is 2.06 bits per heavy atom. The molecule has 172 valence electrons. The van der Waals surface area contributed by atoms with Gasteiger partial charge in [-0.1, -0.05) is 12.1 Å². The molecule has 32 heavy (non-hydrogen) atoms. The van der Waals surface area contributed by atoms with Gasteiger partial charge in [0.1, 0.15) is 18.0 Å². The van der Waals surface area contributed by atoms with Gasteiger partial charge >= 0.3 is 0 Å². The second-order valence-corrected chi connectivity index (χ2v) is 7.20. The van der Waals surface area contributed by atoms with Crippen LogP contribution in [0.2, 0.25) is 0 Å². The van der Waals surface area contributed by atoms with Crippen LogP contribution in [0.25, 0.3) is 11.4 Å². The Morgan fingerprint density at radius 3 is 2.59 bits per heavy atom. The maximum Gasteiger partial charge on any atom is 0.284 e. The lowest BCUT2D eigenvalue weighted by Crippen LogP contribution is -2.29. The Labute approximate surface area is 186 Å². The molecule has 1 saturated heterocycles. The standard InChI is InChI=1S/C16H17N5O4.C5H10O2/c1-9(22)8-25-21-15(23)12-13(18)19-14(20-16(12)24-2)11-5-3-4-10(6-11)7-17;1-5(2)6-3-4-7-5/h3-6,9,22H,8H2,1-2H3,(H,21,23)(H2,18,19,20);3-4H2,1-2H3. The SMILES string of the molecule is CC1(C)OCCO1.COc1nc(-c2cccc(C#N)c2)nc(N)c1C(=O)NOCC(C)O. The van der Waals surface area contributed by atoms with E-state index in [4.69, 9.17) is 35.2 Å². The summed E-state index contributed by atoms with van der Waals surface area (Å²) in [4.78, 5) is 25.3. The van der Waals surface area contributed by atoms with E-state index in [1.807, 2.05) is 19.9 Å². The van der Waals surface area contributed by atoms with Crippen molar-refractivity contribution in [3.63, 3.8) is 0 Å². The van der Waals surface area contributed by atoms with Gasteiger partial charge in [-0.2, -0.15) is 10.2 Å². The first kappa shape index (κ1) is 25.0. The van der Waals surface area contributed by atoms with Gasteiger partial charge in [0.2, 0.25) is 5.88 Å². The number of ether oxygens (including phenoxy) is 3. The van der Waals surface area contributed by atoms with E-state index in [1.54, 1.807) is 24.3 Å². The molecule has 1 amide bonds. The first-order valence-electron chi connectivity index (χ1n) is 9.77. The summed E-state index contributed by atoms with van der Waals surface area (Å²) in [7, 11) is 1.34. The highest BCUT2D eigenvalue weighted by atomic mass is 16.7. The summed E-state index contributed by atoms with van der Waals surface area (Å²) in [5.74, 6) is -0.939. The summed E-state index contributed by atoms with van der Waals surface area (Å²) in [6, 6.07) is 8.66. The predicted octanol–water partition coefficient (Wildman–Crippen LogP) is 1.42. The molecule has 0 saturated carbocycles. The van der Waals surface area contributed by atoms with Gasteiger partial charge in [-0.05, 0) is 32.9 Å². The number of amides is 1. The number of hydroxylamine groups is 1. The molecular formula is C21H27N5O6. The number of nitrogens with zero attached hydrogens (tertiary/aromatic N) is 3. The van der Waals surface area contributed by atoms with Crippen LogP contribution in [0.5, 0.6) is 5.88 Å². The lowest BCUT2D eigenvalue weighted by molar-refractivity contribution is -0.125. The summed E-state index contributed by atoms with van der Waals surface area (Å²) in [6.07, 6.45) is -0.745. The Balaban J connectivity index is 0.000000439. The molecule has 0 spiro atoms. The largest absolute Gasteiger partial charge is 0.480 e. The van der Waals surface area contributed by atoms with E-state index < -0.39 is 12.0 Å². The Hall–Kier alpha value is -3.30. The lowest BCUT2D eigenvalue weighted by Gasteiger charge is -2.13. The molecule has 11 heteroatoms. The van der Waals surface area contributed by atoms with Crippen molar-refractivity contribution in [1.29, 1.82) is 5.26 Å². The second kappa shape index (κ2) is 11.4. The molecule has 1 aromatic heterocycles. The molecule has 2 heterocycles. The number of aliphatic hydroxyl groups excluding tert-OH is 1. The Morgan fingerprint density at radius 1 is 1.38 bits per heavy atom. The molecule has 1 aromatic carbocycles. The number of carbonyl (C=O) groups excluding carboxylic acids is 1. The van der Waals surface area contributed by atoms with Crippen LogP contribution in [0, 0.1) is 11.3 Å². The van der Waals surface area contributed by atoms with Crippen molar-refractivity contribution in [1.82, 2.24) is 15.4 Å². The predicted molar refractivity (Wildman–Crippen MR) is 114 cm³/mol. The first-order chi connectivity index (χ1) is 15.2. The molecule has 0 bridgehead atoms. The minimum Gasteiger partial charge on any atom is -0.480 e. The Kier molecular flexibility index (Phi) is 8.86. The van der Waals surface area contributed by atoms with Crippen LogP contribution in [0.1, 0.15) is 36.7 Å². The van der Waals surface area contributed by atoms with Crippen molar-refractivity contribution >= 4 is 11.7 Å².